The predicted octanol–water partition coefficient (Wildman–Crippen LogP) is 7.30. The third kappa shape index (κ3) is 9.92. The van der Waals surface area contributed by atoms with Crippen molar-refractivity contribution in [3.05, 3.63) is 62.6 Å². The van der Waals surface area contributed by atoms with Gasteiger partial charge in [-0.25, -0.2) is 0 Å². The molecule has 2 aromatic carbocycles. The van der Waals surface area contributed by atoms with Gasteiger partial charge in [-0.3, -0.25) is 0 Å². The second kappa shape index (κ2) is 12.3. The molecule has 0 aliphatic carbocycles. The highest BCUT2D eigenvalue weighted by Crippen LogP contribution is 2.37. The van der Waals surface area contributed by atoms with Crippen molar-refractivity contribution in [2.45, 2.75) is 26.4 Å². The zero-order valence-corrected chi connectivity index (χ0v) is 20.4. The van der Waals surface area contributed by atoms with Gasteiger partial charge in [0.05, 0.1) is 16.3 Å². The summed E-state index contributed by atoms with van der Waals surface area (Å²) in [5, 5.41) is 4.61. The molecule has 0 amide bonds. The fraction of sp³-hybridized carbons (Fsp3) is 0.318. The number of halogens is 4. The molecule has 0 bridgehead atoms. The number of nitrogens with zero attached hydrogens (tertiary/aromatic N) is 1. The van der Waals surface area contributed by atoms with Crippen molar-refractivity contribution >= 4 is 52.6 Å². The van der Waals surface area contributed by atoms with Crippen molar-refractivity contribution in [1.29, 1.82) is 0 Å². The van der Waals surface area contributed by atoms with Crippen LogP contribution in [0.25, 0.3) is 0 Å². The molecule has 2 rings (SSSR count). The summed E-state index contributed by atoms with van der Waals surface area (Å²) in [5.41, 5.74) is 0.576. The average Bonchev–Trinajstić information content (AvgIpc) is 2.66. The molecule has 0 saturated heterocycles. The van der Waals surface area contributed by atoms with Crippen molar-refractivity contribution in [1.82, 2.24) is 0 Å². The molecule has 5 nitrogen and oxygen atoms in total. The first-order valence-electron chi connectivity index (χ1n) is 9.34. The lowest BCUT2D eigenvalue weighted by Crippen LogP contribution is -2.15. The Morgan fingerprint density at radius 1 is 0.903 bits per heavy atom. The molecule has 31 heavy (non-hydrogen) atoms. The molecule has 168 valence electrons. The SMILES string of the molecule is CC(C)(C)ON=Cc1ccc(OCCOc2c(Cl)cc(OCC=C(Cl)Cl)cc2Cl)cc1. The fourth-order valence-corrected chi connectivity index (χ4v) is 2.86. The molecular weight excluding hydrogens is 484 g/mol. The number of hydrogen-bond donors (Lipinski definition) is 0. The molecular formula is C22H23Cl4NO4. The van der Waals surface area contributed by atoms with Crippen LogP contribution in [0.3, 0.4) is 0 Å². The number of oxime groups is 1. The Hall–Kier alpha value is -1.79. The normalized spacial score (nSPS) is 11.3. The summed E-state index contributed by atoms with van der Waals surface area (Å²) in [4.78, 5) is 5.32. The van der Waals surface area contributed by atoms with Gasteiger partial charge in [0.25, 0.3) is 0 Å². The van der Waals surface area contributed by atoms with E-state index in [1.165, 1.54) is 6.08 Å². The third-order valence-corrected chi connectivity index (χ3v) is 4.34. The van der Waals surface area contributed by atoms with Crippen LogP contribution in [-0.4, -0.2) is 31.6 Å². The van der Waals surface area contributed by atoms with E-state index in [2.05, 4.69) is 5.16 Å². The Morgan fingerprint density at radius 2 is 1.52 bits per heavy atom. The Labute approximate surface area is 202 Å². The van der Waals surface area contributed by atoms with Crippen LogP contribution < -0.4 is 14.2 Å². The first kappa shape index (κ1) is 25.5. The number of rotatable bonds is 10. The molecule has 0 fully saturated rings. The maximum Gasteiger partial charge on any atom is 0.156 e. The van der Waals surface area contributed by atoms with E-state index in [4.69, 9.17) is 65.5 Å². The minimum atomic E-state index is -0.325. The van der Waals surface area contributed by atoms with Gasteiger partial charge in [0, 0.05) is 12.1 Å². The van der Waals surface area contributed by atoms with Crippen molar-refractivity contribution in [2.24, 2.45) is 5.16 Å². The van der Waals surface area contributed by atoms with Crippen LogP contribution in [0.2, 0.25) is 10.0 Å². The number of benzene rings is 2. The second-order valence-corrected chi connectivity index (χ2v) is 9.05. The van der Waals surface area contributed by atoms with Gasteiger partial charge in [-0.1, -0.05) is 51.6 Å². The topological polar surface area (TPSA) is 49.3 Å². The summed E-state index contributed by atoms with van der Waals surface area (Å²) in [7, 11) is 0. The zero-order valence-electron chi connectivity index (χ0n) is 17.3. The zero-order chi connectivity index (χ0) is 22.9. The predicted molar refractivity (Wildman–Crippen MR) is 128 cm³/mol. The Morgan fingerprint density at radius 3 is 2.10 bits per heavy atom. The van der Waals surface area contributed by atoms with Crippen molar-refractivity contribution < 1.29 is 19.0 Å². The van der Waals surface area contributed by atoms with Gasteiger partial charge in [0.2, 0.25) is 0 Å². The molecule has 0 saturated carbocycles. The van der Waals surface area contributed by atoms with Gasteiger partial charge < -0.3 is 19.0 Å². The molecule has 0 unspecified atom stereocenters. The van der Waals surface area contributed by atoms with Crippen LogP contribution in [0, 0.1) is 0 Å². The monoisotopic (exact) mass is 505 g/mol. The number of ether oxygens (including phenoxy) is 3. The molecule has 0 aliphatic rings. The van der Waals surface area contributed by atoms with Crippen LogP contribution in [0.4, 0.5) is 0 Å². The molecule has 0 spiro atoms. The summed E-state index contributed by atoms with van der Waals surface area (Å²) in [5.74, 6) is 1.53. The minimum absolute atomic E-state index is 0.120. The molecule has 0 aromatic heterocycles. The van der Waals surface area contributed by atoms with Crippen molar-refractivity contribution in [3.8, 4) is 17.2 Å². The molecule has 0 aliphatic heterocycles. The van der Waals surface area contributed by atoms with E-state index in [9.17, 15) is 0 Å². The molecule has 0 atom stereocenters. The summed E-state index contributed by atoms with van der Waals surface area (Å²) in [6, 6.07) is 10.6. The lowest BCUT2D eigenvalue weighted by molar-refractivity contribution is 0.00199. The lowest BCUT2D eigenvalue weighted by Gasteiger charge is -2.14. The van der Waals surface area contributed by atoms with Gasteiger partial charge >= 0.3 is 0 Å². The maximum atomic E-state index is 6.24. The smallest absolute Gasteiger partial charge is 0.156 e. The maximum absolute atomic E-state index is 6.24. The summed E-state index contributed by atoms with van der Waals surface area (Å²) >= 11 is 23.6. The van der Waals surface area contributed by atoms with E-state index in [1.54, 1.807) is 18.3 Å². The highest BCUT2D eigenvalue weighted by atomic mass is 35.5. The van der Waals surface area contributed by atoms with Crippen LogP contribution in [0.15, 0.2) is 52.1 Å². The van der Waals surface area contributed by atoms with Crippen LogP contribution in [-0.2, 0) is 4.84 Å². The minimum Gasteiger partial charge on any atom is -0.490 e. The van der Waals surface area contributed by atoms with Gasteiger partial charge in [-0.15, -0.1) is 0 Å². The van der Waals surface area contributed by atoms with Crippen molar-refractivity contribution in [2.75, 3.05) is 19.8 Å². The molecule has 9 heteroatoms. The Kier molecular flexibility index (Phi) is 10.1. The first-order valence-corrected chi connectivity index (χ1v) is 10.9. The van der Waals surface area contributed by atoms with Crippen LogP contribution in [0.5, 0.6) is 17.2 Å². The Balaban J connectivity index is 1.81. The molecule has 2 aromatic rings. The molecule has 0 N–H and O–H groups in total. The van der Waals surface area contributed by atoms with Gasteiger partial charge in [0.1, 0.15) is 41.4 Å². The highest BCUT2D eigenvalue weighted by Gasteiger charge is 2.11. The van der Waals surface area contributed by atoms with Gasteiger partial charge in [-0.2, -0.15) is 0 Å². The first-order chi connectivity index (χ1) is 14.6. The van der Waals surface area contributed by atoms with E-state index < -0.39 is 0 Å². The molecule has 0 radical (unpaired) electrons. The molecule has 0 heterocycles. The third-order valence-electron chi connectivity index (χ3n) is 3.47. The quantitative estimate of drug-likeness (QED) is 0.193. The fourth-order valence-electron chi connectivity index (χ4n) is 2.16. The Bertz CT molecular complexity index is 882. The lowest BCUT2D eigenvalue weighted by atomic mass is 10.2. The van der Waals surface area contributed by atoms with E-state index in [1.807, 2.05) is 45.0 Å². The summed E-state index contributed by atoms with van der Waals surface area (Å²) in [6.45, 7) is 6.56. The van der Waals surface area contributed by atoms with Crippen molar-refractivity contribution in [3.63, 3.8) is 0 Å². The second-order valence-electron chi connectivity index (χ2n) is 7.22. The summed E-state index contributed by atoms with van der Waals surface area (Å²) in [6.07, 6.45) is 3.15. The van der Waals surface area contributed by atoms with E-state index in [0.717, 1.165) is 5.56 Å². The van der Waals surface area contributed by atoms with Gasteiger partial charge in [0.15, 0.2) is 5.75 Å². The van der Waals surface area contributed by atoms with Crippen LogP contribution >= 0.6 is 46.4 Å². The standard InChI is InChI=1S/C22H23Cl4NO4/c1-22(2,3)31-27-14-15-4-6-16(7-5-15)29-10-11-30-21-18(23)12-17(13-19(21)24)28-9-8-20(25)26/h4-8,12-14H,9-11H2,1-3H3. The van der Waals surface area contributed by atoms with Crippen LogP contribution in [0.1, 0.15) is 26.3 Å². The van der Waals surface area contributed by atoms with E-state index in [0.29, 0.717) is 33.9 Å². The van der Waals surface area contributed by atoms with E-state index >= 15 is 0 Å². The average molecular weight is 507 g/mol. The summed E-state index contributed by atoms with van der Waals surface area (Å²) < 4.78 is 16.9. The highest BCUT2D eigenvalue weighted by molar-refractivity contribution is 6.55. The van der Waals surface area contributed by atoms with E-state index in [-0.39, 0.29) is 23.3 Å². The largest absolute Gasteiger partial charge is 0.490 e. The van der Waals surface area contributed by atoms with Gasteiger partial charge in [-0.05, 0) is 56.7 Å². The number of hydrogen-bond acceptors (Lipinski definition) is 5.